The maximum atomic E-state index is 13.3. The predicted molar refractivity (Wildman–Crippen MR) is 103 cm³/mol. The average molecular weight is 375 g/mol. The standard InChI is InChI=1S/C20H24ClFN4/c1-20(23-2)9-11-26(12-10-20)18-16-8-7-15(17(16)24-19(21)25-18)13-3-5-14(22)6-4-13/h3-6,15,23H,7-12H2,1-2H3. The number of piperidine rings is 1. The first-order chi connectivity index (χ1) is 12.5. The van der Waals surface area contributed by atoms with Crippen LogP contribution >= 0.6 is 11.6 Å². The molecule has 1 fully saturated rings. The Morgan fingerprint density at radius 3 is 2.54 bits per heavy atom. The molecule has 4 nitrogen and oxygen atoms in total. The molecule has 2 heterocycles. The quantitative estimate of drug-likeness (QED) is 0.826. The number of fused-ring (bicyclic) bond motifs is 1. The van der Waals surface area contributed by atoms with Crippen LogP contribution in [0.5, 0.6) is 0 Å². The van der Waals surface area contributed by atoms with E-state index in [9.17, 15) is 4.39 Å². The highest BCUT2D eigenvalue weighted by molar-refractivity contribution is 6.28. The van der Waals surface area contributed by atoms with Gasteiger partial charge in [0.1, 0.15) is 11.6 Å². The lowest BCUT2D eigenvalue weighted by Crippen LogP contribution is -2.50. The van der Waals surface area contributed by atoms with E-state index in [1.807, 2.05) is 19.2 Å². The van der Waals surface area contributed by atoms with Crippen molar-refractivity contribution in [1.29, 1.82) is 0 Å². The normalized spacial score (nSPS) is 21.7. The minimum absolute atomic E-state index is 0.164. The number of benzene rings is 1. The zero-order chi connectivity index (χ0) is 18.3. The number of hydrogen-bond donors (Lipinski definition) is 1. The van der Waals surface area contributed by atoms with Crippen LogP contribution in [0.15, 0.2) is 24.3 Å². The Hall–Kier alpha value is -1.72. The van der Waals surface area contributed by atoms with Crippen molar-refractivity contribution in [2.24, 2.45) is 0 Å². The van der Waals surface area contributed by atoms with Crippen molar-refractivity contribution in [2.75, 3.05) is 25.0 Å². The molecule has 138 valence electrons. The molecule has 0 radical (unpaired) electrons. The van der Waals surface area contributed by atoms with Crippen LogP contribution in [0.1, 0.15) is 48.9 Å². The van der Waals surface area contributed by atoms with Crippen molar-refractivity contribution in [3.05, 3.63) is 52.2 Å². The first kappa shape index (κ1) is 17.7. The van der Waals surface area contributed by atoms with E-state index in [-0.39, 0.29) is 17.3 Å². The van der Waals surface area contributed by atoms with Crippen LogP contribution in [0.3, 0.4) is 0 Å². The highest BCUT2D eigenvalue weighted by atomic mass is 35.5. The molecule has 26 heavy (non-hydrogen) atoms. The Kier molecular flexibility index (Phi) is 4.61. The summed E-state index contributed by atoms with van der Waals surface area (Å²) in [6.07, 6.45) is 4.04. The van der Waals surface area contributed by atoms with Crippen molar-refractivity contribution >= 4 is 17.4 Å². The summed E-state index contributed by atoms with van der Waals surface area (Å²) in [7, 11) is 2.03. The Morgan fingerprint density at radius 2 is 1.88 bits per heavy atom. The Morgan fingerprint density at radius 1 is 1.19 bits per heavy atom. The Bertz CT molecular complexity index is 800. The van der Waals surface area contributed by atoms with Gasteiger partial charge in [0, 0.05) is 30.1 Å². The minimum Gasteiger partial charge on any atom is -0.356 e. The highest BCUT2D eigenvalue weighted by Crippen LogP contribution is 2.41. The van der Waals surface area contributed by atoms with E-state index in [1.54, 1.807) is 0 Å². The molecular formula is C20H24ClFN4. The zero-order valence-electron chi connectivity index (χ0n) is 15.2. The summed E-state index contributed by atoms with van der Waals surface area (Å²) in [6, 6.07) is 6.73. The van der Waals surface area contributed by atoms with E-state index in [2.05, 4.69) is 27.1 Å². The summed E-state index contributed by atoms with van der Waals surface area (Å²) in [5.74, 6) is 0.939. The number of nitrogens with zero attached hydrogens (tertiary/aromatic N) is 3. The van der Waals surface area contributed by atoms with Crippen molar-refractivity contribution in [1.82, 2.24) is 15.3 Å². The summed E-state index contributed by atoms with van der Waals surface area (Å²) >= 11 is 6.29. The topological polar surface area (TPSA) is 41.0 Å². The average Bonchev–Trinajstić information content (AvgIpc) is 3.06. The third-order valence-corrected chi connectivity index (χ3v) is 6.21. The van der Waals surface area contributed by atoms with Crippen LogP contribution in [0.25, 0.3) is 0 Å². The van der Waals surface area contributed by atoms with E-state index in [4.69, 9.17) is 11.6 Å². The molecule has 4 rings (SSSR count). The molecule has 2 aromatic rings. The van der Waals surface area contributed by atoms with Crippen molar-refractivity contribution in [3.8, 4) is 0 Å². The van der Waals surface area contributed by atoms with Gasteiger partial charge in [-0.3, -0.25) is 0 Å². The van der Waals surface area contributed by atoms with Crippen LogP contribution < -0.4 is 10.2 Å². The molecular weight excluding hydrogens is 351 g/mol. The van der Waals surface area contributed by atoms with Gasteiger partial charge in [-0.25, -0.2) is 14.4 Å². The molecule has 6 heteroatoms. The van der Waals surface area contributed by atoms with Gasteiger partial charge in [0.2, 0.25) is 5.28 Å². The molecule has 0 bridgehead atoms. The second kappa shape index (κ2) is 6.78. The molecule has 1 aromatic carbocycles. The molecule has 1 aromatic heterocycles. The lowest BCUT2D eigenvalue weighted by molar-refractivity contribution is 0.304. The van der Waals surface area contributed by atoms with E-state index in [1.165, 1.54) is 17.7 Å². The fourth-order valence-corrected chi connectivity index (χ4v) is 4.33. The number of anilines is 1. The lowest BCUT2D eigenvalue weighted by atomic mass is 9.89. The van der Waals surface area contributed by atoms with Crippen LogP contribution in [0, 0.1) is 5.82 Å². The number of hydrogen-bond acceptors (Lipinski definition) is 4. The summed E-state index contributed by atoms with van der Waals surface area (Å²) in [4.78, 5) is 11.5. The Balaban J connectivity index is 1.65. The maximum absolute atomic E-state index is 13.3. The van der Waals surface area contributed by atoms with Gasteiger partial charge in [0.25, 0.3) is 0 Å². The SMILES string of the molecule is CNC1(C)CCN(c2nc(Cl)nc3c2CCC3c2ccc(F)cc2)CC1. The Labute approximate surface area is 158 Å². The first-order valence-electron chi connectivity index (χ1n) is 9.25. The number of rotatable bonds is 3. The third-order valence-electron chi connectivity index (χ3n) is 6.05. The van der Waals surface area contributed by atoms with Gasteiger partial charge in [-0.05, 0) is 69.0 Å². The van der Waals surface area contributed by atoms with E-state index in [0.717, 1.165) is 55.8 Å². The summed E-state index contributed by atoms with van der Waals surface area (Å²) in [5, 5.41) is 3.73. The molecule has 1 unspecified atom stereocenters. The molecule has 1 saturated heterocycles. The van der Waals surface area contributed by atoms with Crippen LogP contribution in [-0.4, -0.2) is 35.6 Å². The van der Waals surface area contributed by atoms with E-state index < -0.39 is 0 Å². The van der Waals surface area contributed by atoms with Gasteiger partial charge >= 0.3 is 0 Å². The lowest BCUT2D eigenvalue weighted by Gasteiger charge is -2.40. The largest absolute Gasteiger partial charge is 0.356 e. The molecule has 0 saturated carbocycles. The molecule has 2 aliphatic rings. The third kappa shape index (κ3) is 3.19. The van der Waals surface area contributed by atoms with Gasteiger partial charge in [0.05, 0.1) is 5.69 Å². The fraction of sp³-hybridized carbons (Fsp3) is 0.500. The van der Waals surface area contributed by atoms with Gasteiger partial charge in [0.15, 0.2) is 0 Å². The zero-order valence-corrected chi connectivity index (χ0v) is 16.0. The van der Waals surface area contributed by atoms with Gasteiger partial charge in [-0.2, -0.15) is 0 Å². The number of aromatic nitrogens is 2. The summed E-state index contributed by atoms with van der Waals surface area (Å²) in [6.45, 7) is 4.18. The molecule has 1 atom stereocenters. The number of halogens is 2. The van der Waals surface area contributed by atoms with Crippen molar-refractivity contribution in [3.63, 3.8) is 0 Å². The van der Waals surface area contributed by atoms with Crippen LogP contribution in [0.4, 0.5) is 10.2 Å². The van der Waals surface area contributed by atoms with Crippen LogP contribution in [0.2, 0.25) is 5.28 Å². The first-order valence-corrected chi connectivity index (χ1v) is 9.62. The monoisotopic (exact) mass is 374 g/mol. The predicted octanol–water partition coefficient (Wildman–Crippen LogP) is 3.93. The number of nitrogens with one attached hydrogen (secondary N) is 1. The van der Waals surface area contributed by atoms with E-state index >= 15 is 0 Å². The van der Waals surface area contributed by atoms with Crippen LogP contribution in [-0.2, 0) is 6.42 Å². The van der Waals surface area contributed by atoms with E-state index in [0.29, 0.717) is 5.28 Å². The maximum Gasteiger partial charge on any atom is 0.224 e. The van der Waals surface area contributed by atoms with Crippen molar-refractivity contribution < 1.29 is 4.39 Å². The molecule has 1 N–H and O–H groups in total. The molecule has 0 spiro atoms. The fourth-order valence-electron chi connectivity index (χ4n) is 4.16. The molecule has 1 aliphatic carbocycles. The molecule has 1 aliphatic heterocycles. The molecule has 0 amide bonds. The van der Waals surface area contributed by atoms with Gasteiger partial charge in [-0.1, -0.05) is 12.1 Å². The van der Waals surface area contributed by atoms with Gasteiger partial charge < -0.3 is 10.2 Å². The summed E-state index contributed by atoms with van der Waals surface area (Å²) in [5.41, 5.74) is 3.49. The minimum atomic E-state index is -0.214. The second-order valence-electron chi connectivity index (χ2n) is 7.62. The highest BCUT2D eigenvalue weighted by Gasteiger charge is 2.34. The second-order valence-corrected chi connectivity index (χ2v) is 7.96. The summed E-state index contributed by atoms with van der Waals surface area (Å²) < 4.78 is 13.3. The van der Waals surface area contributed by atoms with Gasteiger partial charge in [-0.15, -0.1) is 0 Å². The smallest absolute Gasteiger partial charge is 0.224 e. The van der Waals surface area contributed by atoms with Crippen molar-refractivity contribution in [2.45, 2.75) is 44.1 Å².